The SMILES string of the molecule is CC(NCC1(CO)COC1)C(C)(C)c1ccccc1. The zero-order valence-electron chi connectivity index (χ0n) is 12.1. The second-order valence-electron chi connectivity index (χ2n) is 6.34. The van der Waals surface area contributed by atoms with Gasteiger partial charge in [0.2, 0.25) is 0 Å². The lowest BCUT2D eigenvalue weighted by atomic mass is 9.77. The average molecular weight is 263 g/mol. The van der Waals surface area contributed by atoms with Crippen LogP contribution in [0.1, 0.15) is 26.3 Å². The molecular weight excluding hydrogens is 238 g/mol. The first-order valence-corrected chi connectivity index (χ1v) is 6.98. The quantitative estimate of drug-likeness (QED) is 0.824. The molecule has 1 aliphatic rings. The minimum Gasteiger partial charge on any atom is -0.396 e. The highest BCUT2D eigenvalue weighted by atomic mass is 16.5. The molecule has 0 spiro atoms. The fourth-order valence-corrected chi connectivity index (χ4v) is 2.38. The van der Waals surface area contributed by atoms with E-state index in [0.29, 0.717) is 19.3 Å². The molecule has 1 atom stereocenters. The molecule has 1 aliphatic heterocycles. The maximum Gasteiger partial charge on any atom is 0.0579 e. The second kappa shape index (κ2) is 5.61. The highest BCUT2D eigenvalue weighted by Gasteiger charge is 2.39. The van der Waals surface area contributed by atoms with Crippen LogP contribution in [0.25, 0.3) is 0 Å². The van der Waals surface area contributed by atoms with E-state index >= 15 is 0 Å². The van der Waals surface area contributed by atoms with Crippen molar-refractivity contribution in [2.24, 2.45) is 5.41 Å². The molecule has 0 bridgehead atoms. The maximum atomic E-state index is 9.45. The monoisotopic (exact) mass is 263 g/mol. The zero-order chi connectivity index (χ0) is 13.9. The molecular formula is C16H25NO2. The van der Waals surface area contributed by atoms with Gasteiger partial charge in [-0.05, 0) is 12.5 Å². The van der Waals surface area contributed by atoms with Crippen LogP contribution in [0.4, 0.5) is 0 Å². The van der Waals surface area contributed by atoms with Crippen molar-refractivity contribution >= 4 is 0 Å². The van der Waals surface area contributed by atoms with Crippen molar-refractivity contribution in [1.29, 1.82) is 0 Å². The molecule has 1 saturated heterocycles. The van der Waals surface area contributed by atoms with Crippen molar-refractivity contribution in [3.8, 4) is 0 Å². The van der Waals surface area contributed by atoms with Gasteiger partial charge in [0, 0.05) is 18.0 Å². The lowest BCUT2D eigenvalue weighted by molar-refractivity contribution is -0.135. The van der Waals surface area contributed by atoms with Crippen molar-refractivity contribution in [1.82, 2.24) is 5.32 Å². The van der Waals surface area contributed by atoms with Crippen LogP contribution in [0.15, 0.2) is 30.3 Å². The zero-order valence-corrected chi connectivity index (χ0v) is 12.1. The van der Waals surface area contributed by atoms with E-state index in [-0.39, 0.29) is 17.4 Å². The molecule has 2 rings (SSSR count). The average Bonchev–Trinajstić information content (AvgIpc) is 2.38. The molecule has 0 aliphatic carbocycles. The molecule has 3 heteroatoms. The Hall–Kier alpha value is -0.900. The van der Waals surface area contributed by atoms with E-state index in [1.807, 2.05) is 6.07 Å². The van der Waals surface area contributed by atoms with Gasteiger partial charge < -0.3 is 15.2 Å². The van der Waals surface area contributed by atoms with Gasteiger partial charge >= 0.3 is 0 Å². The normalized spacial score (nSPS) is 19.8. The highest BCUT2D eigenvalue weighted by Crippen LogP contribution is 2.29. The summed E-state index contributed by atoms with van der Waals surface area (Å²) in [6.07, 6.45) is 0. The number of rotatable bonds is 6. The van der Waals surface area contributed by atoms with E-state index in [9.17, 15) is 5.11 Å². The van der Waals surface area contributed by atoms with Gasteiger partial charge in [-0.2, -0.15) is 0 Å². The van der Waals surface area contributed by atoms with Crippen molar-refractivity contribution in [3.63, 3.8) is 0 Å². The molecule has 106 valence electrons. The largest absolute Gasteiger partial charge is 0.396 e. The van der Waals surface area contributed by atoms with Crippen LogP contribution in [-0.2, 0) is 10.2 Å². The first kappa shape index (κ1) is 14.5. The number of benzene rings is 1. The van der Waals surface area contributed by atoms with Crippen LogP contribution in [0.5, 0.6) is 0 Å². The third-order valence-corrected chi connectivity index (χ3v) is 4.54. The first-order chi connectivity index (χ1) is 9.00. The standard InChI is InChI=1S/C16H25NO2/c1-13(17-9-16(10-18)11-19-12-16)15(2,3)14-7-5-4-6-8-14/h4-8,13,17-18H,9-12H2,1-3H3. The van der Waals surface area contributed by atoms with Crippen molar-refractivity contribution in [3.05, 3.63) is 35.9 Å². The van der Waals surface area contributed by atoms with E-state index in [4.69, 9.17) is 4.74 Å². The second-order valence-corrected chi connectivity index (χ2v) is 6.34. The molecule has 1 aromatic carbocycles. The summed E-state index contributed by atoms with van der Waals surface area (Å²) in [6, 6.07) is 10.9. The third-order valence-electron chi connectivity index (χ3n) is 4.54. The summed E-state index contributed by atoms with van der Waals surface area (Å²) < 4.78 is 5.23. The minimum atomic E-state index is -0.0684. The number of aliphatic hydroxyl groups is 1. The molecule has 0 radical (unpaired) electrons. The van der Waals surface area contributed by atoms with Crippen LogP contribution in [0, 0.1) is 5.41 Å². The number of hydrogen-bond acceptors (Lipinski definition) is 3. The van der Waals surface area contributed by atoms with Gasteiger partial charge in [0.15, 0.2) is 0 Å². The van der Waals surface area contributed by atoms with Crippen LogP contribution < -0.4 is 5.32 Å². The number of nitrogens with one attached hydrogen (secondary N) is 1. The van der Waals surface area contributed by atoms with Crippen LogP contribution in [0.2, 0.25) is 0 Å². The Morgan fingerprint density at radius 2 is 1.95 bits per heavy atom. The summed E-state index contributed by atoms with van der Waals surface area (Å²) in [7, 11) is 0. The summed E-state index contributed by atoms with van der Waals surface area (Å²) in [5.74, 6) is 0. The van der Waals surface area contributed by atoms with Gasteiger partial charge in [0.1, 0.15) is 0 Å². The molecule has 1 aromatic rings. The van der Waals surface area contributed by atoms with Crippen molar-refractivity contribution in [2.75, 3.05) is 26.4 Å². The number of ether oxygens (including phenoxy) is 1. The van der Waals surface area contributed by atoms with Gasteiger partial charge in [-0.15, -0.1) is 0 Å². The molecule has 1 heterocycles. The third kappa shape index (κ3) is 2.99. The Labute approximate surface area is 116 Å². The van der Waals surface area contributed by atoms with Crippen LogP contribution in [-0.4, -0.2) is 37.5 Å². The molecule has 0 amide bonds. The summed E-state index contributed by atoms with van der Waals surface area (Å²) in [6.45, 7) is 9.03. The predicted molar refractivity (Wildman–Crippen MR) is 77.3 cm³/mol. The molecule has 0 saturated carbocycles. The first-order valence-electron chi connectivity index (χ1n) is 6.98. The van der Waals surface area contributed by atoms with Crippen LogP contribution >= 0.6 is 0 Å². The van der Waals surface area contributed by atoms with Gasteiger partial charge in [0.25, 0.3) is 0 Å². The summed E-state index contributed by atoms with van der Waals surface area (Å²) >= 11 is 0. The van der Waals surface area contributed by atoms with Crippen molar-refractivity contribution < 1.29 is 9.84 Å². The van der Waals surface area contributed by atoms with Crippen molar-refractivity contribution in [2.45, 2.75) is 32.2 Å². The van der Waals surface area contributed by atoms with Gasteiger partial charge in [0.05, 0.1) is 25.2 Å². The lowest BCUT2D eigenvalue weighted by Gasteiger charge is -2.42. The Kier molecular flexibility index (Phi) is 4.29. The fraction of sp³-hybridized carbons (Fsp3) is 0.625. The summed E-state index contributed by atoms with van der Waals surface area (Å²) in [5, 5.41) is 13.0. The van der Waals surface area contributed by atoms with Gasteiger partial charge in [-0.1, -0.05) is 44.2 Å². The van der Waals surface area contributed by atoms with E-state index < -0.39 is 0 Å². The lowest BCUT2D eigenvalue weighted by Crippen LogP contribution is -2.55. The van der Waals surface area contributed by atoms with E-state index in [0.717, 1.165) is 6.54 Å². The number of hydrogen-bond donors (Lipinski definition) is 2. The van der Waals surface area contributed by atoms with E-state index in [2.05, 4.69) is 50.4 Å². The molecule has 2 N–H and O–H groups in total. The minimum absolute atomic E-state index is 0.0580. The Morgan fingerprint density at radius 1 is 1.32 bits per heavy atom. The topological polar surface area (TPSA) is 41.5 Å². The highest BCUT2D eigenvalue weighted by molar-refractivity contribution is 5.25. The molecule has 0 aromatic heterocycles. The fourth-order valence-electron chi connectivity index (χ4n) is 2.38. The Morgan fingerprint density at radius 3 is 2.42 bits per heavy atom. The molecule has 1 unspecified atom stereocenters. The molecule has 3 nitrogen and oxygen atoms in total. The maximum absolute atomic E-state index is 9.45. The van der Waals surface area contributed by atoms with Gasteiger partial charge in [-0.25, -0.2) is 0 Å². The Bertz CT molecular complexity index is 393. The van der Waals surface area contributed by atoms with Crippen LogP contribution in [0.3, 0.4) is 0 Å². The summed E-state index contributed by atoms with van der Waals surface area (Å²) in [4.78, 5) is 0. The van der Waals surface area contributed by atoms with E-state index in [1.54, 1.807) is 0 Å². The summed E-state index contributed by atoms with van der Waals surface area (Å²) in [5.41, 5.74) is 1.32. The Balaban J connectivity index is 1.97. The van der Waals surface area contributed by atoms with Gasteiger partial charge in [-0.3, -0.25) is 0 Å². The van der Waals surface area contributed by atoms with E-state index in [1.165, 1.54) is 5.56 Å². The smallest absolute Gasteiger partial charge is 0.0579 e. The number of aliphatic hydroxyl groups excluding tert-OH is 1. The molecule has 1 fully saturated rings. The predicted octanol–water partition coefficient (Wildman–Crippen LogP) is 1.95. The molecule has 19 heavy (non-hydrogen) atoms.